The topological polar surface area (TPSA) is 83.9 Å². The second-order valence-corrected chi connectivity index (χ2v) is 5.69. The van der Waals surface area contributed by atoms with Crippen LogP contribution in [-0.4, -0.2) is 37.3 Å². The van der Waals surface area contributed by atoms with E-state index in [0.717, 1.165) is 22.2 Å². The lowest BCUT2D eigenvalue weighted by molar-refractivity contribution is 0.0734. The van der Waals surface area contributed by atoms with Crippen LogP contribution in [0.15, 0.2) is 35.3 Å². The highest BCUT2D eigenvalue weighted by Crippen LogP contribution is 2.21. The summed E-state index contributed by atoms with van der Waals surface area (Å²) in [6.45, 7) is 0.989. The third kappa shape index (κ3) is 2.21. The van der Waals surface area contributed by atoms with Crippen LogP contribution in [0.2, 0.25) is 0 Å². The molecular weight excluding hydrogens is 294 g/mol. The van der Waals surface area contributed by atoms with Crippen molar-refractivity contribution in [2.75, 3.05) is 6.54 Å². The third-order valence-electron chi connectivity index (χ3n) is 4.23. The Morgan fingerprint density at radius 2 is 2.22 bits per heavy atom. The smallest absolute Gasteiger partial charge is 0.266 e. The molecule has 4 rings (SSSR count). The molecule has 0 aliphatic carbocycles. The van der Waals surface area contributed by atoms with Gasteiger partial charge in [0.25, 0.3) is 11.5 Å². The first-order valence-electron chi connectivity index (χ1n) is 7.41. The largest absolute Gasteiger partial charge is 0.334 e. The van der Waals surface area contributed by atoms with Crippen molar-refractivity contribution in [1.29, 1.82) is 0 Å². The molecule has 1 aliphatic rings. The van der Waals surface area contributed by atoms with E-state index in [4.69, 9.17) is 0 Å². The Morgan fingerprint density at radius 1 is 1.35 bits per heavy atom. The summed E-state index contributed by atoms with van der Waals surface area (Å²) < 4.78 is 1.33. The monoisotopic (exact) mass is 309 g/mol. The molecule has 0 radical (unpaired) electrons. The Bertz CT molecular complexity index is 972. The van der Waals surface area contributed by atoms with Gasteiger partial charge in [-0.05, 0) is 6.07 Å². The SMILES string of the molecule is Cn1nc2c(cc1=O)CN(C(=O)c1cccc3cn[nH]c13)CC2. The fourth-order valence-corrected chi connectivity index (χ4v) is 2.98. The average molecular weight is 309 g/mol. The van der Waals surface area contributed by atoms with Gasteiger partial charge in [-0.25, -0.2) is 4.68 Å². The van der Waals surface area contributed by atoms with E-state index in [0.29, 0.717) is 25.1 Å². The van der Waals surface area contributed by atoms with Crippen molar-refractivity contribution in [3.05, 3.63) is 57.6 Å². The first-order chi connectivity index (χ1) is 11.1. The second-order valence-electron chi connectivity index (χ2n) is 5.69. The lowest BCUT2D eigenvalue weighted by Gasteiger charge is -2.28. The zero-order chi connectivity index (χ0) is 16.0. The molecule has 2 aromatic heterocycles. The molecule has 1 N–H and O–H groups in total. The number of aryl methyl sites for hydroxylation is 1. The number of rotatable bonds is 1. The minimum Gasteiger partial charge on any atom is -0.334 e. The molecule has 0 unspecified atom stereocenters. The van der Waals surface area contributed by atoms with Crippen molar-refractivity contribution >= 4 is 16.8 Å². The molecule has 0 spiro atoms. The molecule has 1 aliphatic heterocycles. The van der Waals surface area contributed by atoms with Gasteiger partial charge >= 0.3 is 0 Å². The van der Waals surface area contributed by atoms with E-state index in [1.54, 1.807) is 30.3 Å². The Hall–Kier alpha value is -2.96. The van der Waals surface area contributed by atoms with Crippen molar-refractivity contribution < 1.29 is 4.79 Å². The summed E-state index contributed by atoms with van der Waals surface area (Å²) in [6.07, 6.45) is 2.35. The number of benzene rings is 1. The van der Waals surface area contributed by atoms with Crippen molar-refractivity contribution in [2.24, 2.45) is 7.05 Å². The van der Waals surface area contributed by atoms with Gasteiger partial charge in [-0.1, -0.05) is 12.1 Å². The van der Waals surface area contributed by atoms with Gasteiger partial charge in [-0.15, -0.1) is 0 Å². The fourth-order valence-electron chi connectivity index (χ4n) is 2.98. The number of H-pyrrole nitrogens is 1. The van der Waals surface area contributed by atoms with Crippen LogP contribution in [0, 0.1) is 0 Å². The van der Waals surface area contributed by atoms with E-state index in [2.05, 4.69) is 15.3 Å². The first-order valence-corrected chi connectivity index (χ1v) is 7.41. The number of para-hydroxylation sites is 1. The average Bonchev–Trinajstić information content (AvgIpc) is 3.03. The summed E-state index contributed by atoms with van der Waals surface area (Å²) in [7, 11) is 1.64. The van der Waals surface area contributed by atoms with Crippen LogP contribution < -0.4 is 5.56 Å². The van der Waals surface area contributed by atoms with Gasteiger partial charge in [0, 0.05) is 43.6 Å². The predicted octanol–water partition coefficient (Wildman–Crippen LogP) is 0.855. The highest BCUT2D eigenvalue weighted by Gasteiger charge is 2.24. The lowest BCUT2D eigenvalue weighted by atomic mass is 10.0. The van der Waals surface area contributed by atoms with E-state index >= 15 is 0 Å². The summed E-state index contributed by atoms with van der Waals surface area (Å²) >= 11 is 0. The van der Waals surface area contributed by atoms with Crippen molar-refractivity contribution in [1.82, 2.24) is 24.9 Å². The Kier molecular flexibility index (Phi) is 3.00. The minimum atomic E-state index is -0.159. The summed E-state index contributed by atoms with van der Waals surface area (Å²) in [5, 5.41) is 12.1. The molecule has 0 saturated carbocycles. The Morgan fingerprint density at radius 3 is 3.09 bits per heavy atom. The zero-order valence-electron chi connectivity index (χ0n) is 12.6. The van der Waals surface area contributed by atoms with Crippen LogP contribution in [0.3, 0.4) is 0 Å². The van der Waals surface area contributed by atoms with Gasteiger partial charge in [-0.2, -0.15) is 10.2 Å². The fraction of sp³-hybridized carbons (Fsp3) is 0.250. The van der Waals surface area contributed by atoms with Gasteiger partial charge in [0.15, 0.2) is 0 Å². The van der Waals surface area contributed by atoms with Gasteiger partial charge < -0.3 is 4.90 Å². The second kappa shape index (κ2) is 5.05. The van der Waals surface area contributed by atoms with Gasteiger partial charge in [0.05, 0.1) is 23.0 Å². The maximum absolute atomic E-state index is 12.8. The maximum Gasteiger partial charge on any atom is 0.266 e. The number of hydrogen-bond donors (Lipinski definition) is 1. The molecule has 116 valence electrons. The molecule has 7 nitrogen and oxygen atoms in total. The number of nitrogens with zero attached hydrogens (tertiary/aromatic N) is 4. The van der Waals surface area contributed by atoms with E-state index < -0.39 is 0 Å². The van der Waals surface area contributed by atoms with E-state index in [-0.39, 0.29) is 11.5 Å². The summed E-state index contributed by atoms with van der Waals surface area (Å²) in [4.78, 5) is 26.4. The van der Waals surface area contributed by atoms with Gasteiger partial charge in [0.2, 0.25) is 0 Å². The van der Waals surface area contributed by atoms with Crippen molar-refractivity contribution in [3.63, 3.8) is 0 Å². The van der Waals surface area contributed by atoms with E-state index in [1.807, 2.05) is 12.1 Å². The highest BCUT2D eigenvalue weighted by molar-refractivity contribution is 6.05. The highest BCUT2D eigenvalue weighted by atomic mass is 16.2. The molecule has 1 amide bonds. The molecule has 0 saturated heterocycles. The Balaban J connectivity index is 1.69. The van der Waals surface area contributed by atoms with Gasteiger partial charge in [-0.3, -0.25) is 14.7 Å². The summed E-state index contributed by atoms with van der Waals surface area (Å²) in [5.41, 5.74) is 2.89. The minimum absolute atomic E-state index is 0.0637. The zero-order valence-corrected chi connectivity index (χ0v) is 12.6. The number of carbonyl (C=O) groups excluding carboxylic acids is 1. The van der Waals surface area contributed by atoms with Crippen LogP contribution in [0.1, 0.15) is 21.6 Å². The van der Waals surface area contributed by atoms with Crippen LogP contribution in [0.25, 0.3) is 10.9 Å². The van der Waals surface area contributed by atoms with Crippen LogP contribution in [0.5, 0.6) is 0 Å². The normalized spacial score (nSPS) is 14.0. The number of aromatic nitrogens is 4. The molecule has 0 fully saturated rings. The van der Waals surface area contributed by atoms with Crippen molar-refractivity contribution in [3.8, 4) is 0 Å². The number of hydrogen-bond acceptors (Lipinski definition) is 4. The van der Waals surface area contributed by atoms with E-state index in [9.17, 15) is 9.59 Å². The lowest BCUT2D eigenvalue weighted by Crippen LogP contribution is -2.38. The van der Waals surface area contributed by atoms with E-state index in [1.165, 1.54) is 4.68 Å². The van der Waals surface area contributed by atoms with Crippen LogP contribution in [0.4, 0.5) is 0 Å². The molecular formula is C16H15N5O2. The standard InChI is InChI=1S/C16H15N5O2/c1-20-14(22)7-11-9-21(6-5-13(11)19-20)16(23)12-4-2-3-10-8-17-18-15(10)12/h2-4,7-8H,5-6,9H2,1H3,(H,17,18). The molecule has 0 bridgehead atoms. The number of nitrogens with one attached hydrogen (secondary N) is 1. The summed E-state index contributed by atoms with van der Waals surface area (Å²) in [6, 6.07) is 7.12. The van der Waals surface area contributed by atoms with Crippen molar-refractivity contribution in [2.45, 2.75) is 13.0 Å². The molecule has 3 heterocycles. The number of fused-ring (bicyclic) bond motifs is 2. The van der Waals surface area contributed by atoms with Gasteiger partial charge in [0.1, 0.15) is 0 Å². The quantitative estimate of drug-likeness (QED) is 0.722. The predicted molar refractivity (Wildman–Crippen MR) is 84.0 cm³/mol. The molecule has 3 aromatic rings. The number of aromatic amines is 1. The maximum atomic E-state index is 12.8. The molecule has 23 heavy (non-hydrogen) atoms. The van der Waals surface area contributed by atoms with Crippen LogP contribution >= 0.6 is 0 Å². The molecule has 1 aromatic carbocycles. The van der Waals surface area contributed by atoms with Crippen LogP contribution in [-0.2, 0) is 20.0 Å². The first kappa shape index (κ1) is 13.7. The summed E-state index contributed by atoms with van der Waals surface area (Å²) in [5.74, 6) is -0.0637. The number of amides is 1. The molecule has 7 heteroatoms. The number of carbonyl (C=O) groups is 1. The Labute approximate surface area is 131 Å². The third-order valence-corrected chi connectivity index (χ3v) is 4.23. The molecule has 0 atom stereocenters.